The van der Waals surface area contributed by atoms with Gasteiger partial charge in [-0.1, -0.05) is 18.2 Å². The number of carbonyl (C=O) groups excluding carboxylic acids is 3. The molecule has 0 unspecified atom stereocenters. The molecule has 3 rings (SSSR count). The van der Waals surface area contributed by atoms with E-state index in [0.717, 1.165) is 0 Å². The fourth-order valence-corrected chi connectivity index (χ4v) is 3.12. The summed E-state index contributed by atoms with van der Waals surface area (Å²) in [5.74, 6) is -2.05. The summed E-state index contributed by atoms with van der Waals surface area (Å²) in [7, 11) is 0. The minimum atomic E-state index is -0.730. The van der Waals surface area contributed by atoms with Gasteiger partial charge in [-0.2, -0.15) is 0 Å². The maximum atomic E-state index is 13.0. The molecule has 0 bridgehead atoms. The Balaban J connectivity index is 1.91. The number of nitro groups is 1. The second kappa shape index (κ2) is 11.1. The molecule has 174 valence electrons. The molecule has 0 aliphatic carbocycles. The molecule has 34 heavy (non-hydrogen) atoms. The number of rotatable bonds is 8. The second-order valence-electron chi connectivity index (χ2n) is 6.72. The van der Waals surface area contributed by atoms with Crippen LogP contribution in [0.2, 0.25) is 0 Å². The summed E-state index contributed by atoms with van der Waals surface area (Å²) in [5.41, 5.74) is 0.417. The number of ether oxygens (including phenoxy) is 1. The van der Waals surface area contributed by atoms with Crippen LogP contribution < -0.4 is 10.6 Å². The van der Waals surface area contributed by atoms with Gasteiger partial charge in [0, 0.05) is 17.8 Å². The molecule has 0 fully saturated rings. The van der Waals surface area contributed by atoms with Crippen LogP contribution in [0.3, 0.4) is 0 Å². The van der Waals surface area contributed by atoms with E-state index < -0.39 is 22.7 Å². The van der Waals surface area contributed by atoms with Crippen LogP contribution in [0.1, 0.15) is 33.4 Å². The van der Waals surface area contributed by atoms with Crippen molar-refractivity contribution in [3.63, 3.8) is 0 Å². The quantitative estimate of drug-likeness (QED) is 0.189. The Bertz CT molecular complexity index is 1280. The Morgan fingerprint density at radius 3 is 2.56 bits per heavy atom. The third kappa shape index (κ3) is 6.39. The minimum absolute atomic E-state index is 0.0612. The number of benzene rings is 2. The van der Waals surface area contributed by atoms with Crippen molar-refractivity contribution in [1.29, 1.82) is 0 Å². The third-order valence-corrected chi connectivity index (χ3v) is 4.74. The van der Waals surface area contributed by atoms with Crippen molar-refractivity contribution in [2.45, 2.75) is 6.92 Å². The zero-order valence-corrected chi connectivity index (χ0v) is 19.3. The molecule has 2 amide bonds. The Kier molecular flexibility index (Phi) is 7.93. The molecule has 1 heterocycles. The van der Waals surface area contributed by atoms with E-state index in [4.69, 9.17) is 9.15 Å². The van der Waals surface area contributed by atoms with Gasteiger partial charge in [-0.05, 0) is 64.8 Å². The summed E-state index contributed by atoms with van der Waals surface area (Å²) in [5, 5.41) is 16.1. The number of esters is 1. The van der Waals surface area contributed by atoms with E-state index in [-0.39, 0.29) is 35.0 Å². The van der Waals surface area contributed by atoms with E-state index in [2.05, 4.69) is 26.6 Å². The number of carbonyl (C=O) groups is 3. The van der Waals surface area contributed by atoms with Crippen molar-refractivity contribution in [2.75, 3.05) is 11.9 Å². The van der Waals surface area contributed by atoms with Gasteiger partial charge in [0.2, 0.25) is 0 Å². The topological polar surface area (TPSA) is 141 Å². The predicted octanol–water partition coefficient (Wildman–Crippen LogP) is 4.54. The molecule has 2 aromatic carbocycles. The number of furan rings is 1. The maximum Gasteiger partial charge on any atom is 0.338 e. The highest BCUT2D eigenvalue weighted by Crippen LogP contribution is 2.18. The largest absolute Gasteiger partial charge is 0.462 e. The van der Waals surface area contributed by atoms with Crippen molar-refractivity contribution < 1.29 is 28.5 Å². The Hall–Kier alpha value is -4.25. The molecule has 0 aliphatic heterocycles. The molecule has 0 saturated heterocycles. The molecule has 2 N–H and O–H groups in total. The number of anilines is 1. The first-order valence-corrected chi connectivity index (χ1v) is 10.7. The van der Waals surface area contributed by atoms with E-state index in [9.17, 15) is 24.5 Å². The minimum Gasteiger partial charge on any atom is -0.462 e. The number of nitrogens with one attached hydrogen (secondary N) is 2. The monoisotopic (exact) mass is 527 g/mol. The van der Waals surface area contributed by atoms with E-state index in [1.165, 1.54) is 54.6 Å². The molecule has 3 aromatic rings. The first kappa shape index (κ1) is 24.4. The van der Waals surface area contributed by atoms with Crippen LogP contribution in [0.15, 0.2) is 75.4 Å². The van der Waals surface area contributed by atoms with Gasteiger partial charge < -0.3 is 19.8 Å². The molecule has 0 atom stereocenters. The molecule has 1 aromatic heterocycles. The zero-order chi connectivity index (χ0) is 24.7. The average Bonchev–Trinajstić information content (AvgIpc) is 3.25. The van der Waals surface area contributed by atoms with Crippen LogP contribution >= 0.6 is 15.9 Å². The van der Waals surface area contributed by atoms with Crippen LogP contribution in [-0.2, 0) is 9.53 Å². The Morgan fingerprint density at radius 2 is 1.88 bits per heavy atom. The number of amides is 2. The molecule has 0 spiro atoms. The van der Waals surface area contributed by atoms with Gasteiger partial charge in [0.05, 0.1) is 17.1 Å². The zero-order valence-electron chi connectivity index (χ0n) is 17.7. The lowest BCUT2D eigenvalue weighted by Gasteiger charge is -2.11. The summed E-state index contributed by atoms with van der Waals surface area (Å²) in [6.45, 7) is 1.87. The van der Waals surface area contributed by atoms with Gasteiger partial charge >= 0.3 is 5.97 Å². The number of halogens is 1. The van der Waals surface area contributed by atoms with Crippen molar-refractivity contribution in [3.8, 4) is 0 Å². The van der Waals surface area contributed by atoms with Crippen LogP contribution in [-0.4, -0.2) is 29.3 Å². The lowest BCUT2D eigenvalue weighted by molar-refractivity contribution is -0.384. The lowest BCUT2D eigenvalue weighted by atomic mass is 10.1. The van der Waals surface area contributed by atoms with Crippen LogP contribution in [0.4, 0.5) is 11.4 Å². The Morgan fingerprint density at radius 1 is 1.12 bits per heavy atom. The number of nitro benzene ring substituents is 1. The standard InChI is InChI=1S/C23H18BrN3O7/c1-2-33-23(30)15-6-4-7-16(13-15)25-21(28)18(26-22(29)19-9-10-20(24)34-19)12-14-5-3-8-17(11-14)27(31)32/h3-13H,2H2,1H3,(H,25,28)(H,26,29)/b18-12+. The van der Waals surface area contributed by atoms with E-state index >= 15 is 0 Å². The van der Waals surface area contributed by atoms with E-state index in [1.54, 1.807) is 19.1 Å². The average molecular weight is 528 g/mol. The molecule has 10 nitrogen and oxygen atoms in total. The van der Waals surface area contributed by atoms with Gasteiger partial charge in [0.25, 0.3) is 17.5 Å². The van der Waals surface area contributed by atoms with Gasteiger partial charge in [-0.15, -0.1) is 0 Å². The lowest BCUT2D eigenvalue weighted by Crippen LogP contribution is -2.30. The normalized spacial score (nSPS) is 10.9. The fourth-order valence-electron chi connectivity index (χ4n) is 2.81. The summed E-state index contributed by atoms with van der Waals surface area (Å²) in [6.07, 6.45) is 1.29. The smallest absolute Gasteiger partial charge is 0.338 e. The van der Waals surface area contributed by atoms with Crippen molar-refractivity contribution in [2.24, 2.45) is 0 Å². The van der Waals surface area contributed by atoms with Crippen molar-refractivity contribution >= 4 is 51.2 Å². The number of hydrogen-bond acceptors (Lipinski definition) is 7. The highest BCUT2D eigenvalue weighted by molar-refractivity contribution is 9.10. The molecular formula is C23H18BrN3O7. The van der Waals surface area contributed by atoms with Gasteiger partial charge in [-0.3, -0.25) is 19.7 Å². The van der Waals surface area contributed by atoms with Crippen molar-refractivity contribution in [3.05, 3.63) is 98.0 Å². The SMILES string of the molecule is CCOC(=O)c1cccc(NC(=O)/C(=C\c2cccc([N+](=O)[O-])c2)NC(=O)c2ccc(Br)o2)c1. The first-order chi connectivity index (χ1) is 16.3. The van der Waals surface area contributed by atoms with E-state index in [1.807, 2.05) is 0 Å². The molecular weight excluding hydrogens is 510 g/mol. The number of nitrogens with zero attached hydrogens (tertiary/aromatic N) is 1. The highest BCUT2D eigenvalue weighted by Gasteiger charge is 2.18. The molecule has 0 aliphatic rings. The molecule has 0 saturated carbocycles. The van der Waals surface area contributed by atoms with Gasteiger partial charge in [0.15, 0.2) is 10.4 Å². The van der Waals surface area contributed by atoms with Crippen LogP contribution in [0.25, 0.3) is 6.08 Å². The Labute approximate surface area is 201 Å². The fraction of sp³-hybridized carbons (Fsp3) is 0.0870. The first-order valence-electron chi connectivity index (χ1n) is 9.88. The van der Waals surface area contributed by atoms with E-state index in [0.29, 0.717) is 10.2 Å². The highest BCUT2D eigenvalue weighted by atomic mass is 79.9. The maximum absolute atomic E-state index is 13.0. The summed E-state index contributed by atoms with van der Waals surface area (Å²) < 4.78 is 10.5. The van der Waals surface area contributed by atoms with Crippen LogP contribution in [0.5, 0.6) is 0 Å². The van der Waals surface area contributed by atoms with Gasteiger partial charge in [0.1, 0.15) is 5.70 Å². The summed E-state index contributed by atoms with van der Waals surface area (Å²) in [4.78, 5) is 48.1. The molecule has 11 heteroatoms. The van der Waals surface area contributed by atoms with Crippen LogP contribution in [0, 0.1) is 10.1 Å². The molecule has 0 radical (unpaired) electrons. The van der Waals surface area contributed by atoms with Crippen molar-refractivity contribution in [1.82, 2.24) is 5.32 Å². The second-order valence-corrected chi connectivity index (χ2v) is 7.50. The predicted molar refractivity (Wildman–Crippen MR) is 126 cm³/mol. The third-order valence-electron chi connectivity index (χ3n) is 4.31. The summed E-state index contributed by atoms with van der Waals surface area (Å²) in [6, 6.07) is 14.5. The summed E-state index contributed by atoms with van der Waals surface area (Å²) >= 11 is 3.10. The number of hydrogen-bond donors (Lipinski definition) is 2. The van der Waals surface area contributed by atoms with Gasteiger partial charge in [-0.25, -0.2) is 4.79 Å². The number of non-ortho nitro benzene ring substituents is 1.